The zero-order valence-corrected chi connectivity index (χ0v) is 38.9. The van der Waals surface area contributed by atoms with E-state index >= 15 is 0 Å². The summed E-state index contributed by atoms with van der Waals surface area (Å²) in [5.41, 5.74) is 6.31. The standard InChI is InChI=1S/C37H25N7O10S2.3Na/c38-20-5-8-23-19(15-20)16-34(56(52,53)54)35(36(23)46)44-43-30-11-10-29(24-3-1-2-4-25(24)30)41-42-32-13-12-31(26-9-7-22(18-27(26)32)55(49,50)51)40-39-21-6-14-33(45)28(17-21)37(47)48;;;/h1-18,45-46H,38H2,(H,47,48)(H,49,50,51)(H,52,53,54);;;. The summed E-state index contributed by atoms with van der Waals surface area (Å²) < 4.78 is 68.5. The Kier molecular flexibility index (Phi) is 15.3. The fourth-order valence-electron chi connectivity index (χ4n) is 5.82. The van der Waals surface area contributed by atoms with Crippen LogP contribution >= 0.6 is 0 Å². The van der Waals surface area contributed by atoms with Gasteiger partial charge in [-0.25, -0.2) is 4.79 Å². The Hall–Kier alpha value is -4.19. The second kappa shape index (κ2) is 19.0. The minimum atomic E-state index is -4.87. The number of nitrogens with zero attached hydrogens (tertiary/aromatic N) is 6. The summed E-state index contributed by atoms with van der Waals surface area (Å²) in [6.07, 6.45) is 0. The molecule has 0 atom stereocenters. The molecule has 0 amide bonds. The third-order valence-electron chi connectivity index (χ3n) is 8.48. The van der Waals surface area contributed by atoms with Gasteiger partial charge in [-0.1, -0.05) is 30.3 Å². The van der Waals surface area contributed by atoms with Crippen LogP contribution in [0.4, 0.5) is 39.8 Å². The molecule has 283 valence electrons. The van der Waals surface area contributed by atoms with Gasteiger partial charge in [-0.05, 0) is 84.2 Å². The Morgan fingerprint density at radius 3 is 1.63 bits per heavy atom. The van der Waals surface area contributed by atoms with Gasteiger partial charge >= 0.3 is 5.97 Å². The molecule has 7 rings (SSSR count). The van der Waals surface area contributed by atoms with Crippen molar-refractivity contribution in [2.75, 3.05) is 5.73 Å². The number of nitrogens with two attached hydrogens (primary N) is 1. The predicted molar refractivity (Wildman–Crippen MR) is 222 cm³/mol. The van der Waals surface area contributed by atoms with Crippen molar-refractivity contribution in [3.63, 3.8) is 0 Å². The van der Waals surface area contributed by atoms with Crippen LogP contribution in [-0.4, -0.2) is 136 Å². The molecular weight excluding hydrogens is 836 g/mol. The van der Waals surface area contributed by atoms with Crippen molar-refractivity contribution in [3.05, 3.63) is 115 Å². The van der Waals surface area contributed by atoms with Crippen LogP contribution in [-0.2, 0) is 20.2 Å². The van der Waals surface area contributed by atoms with E-state index in [1.807, 2.05) is 0 Å². The number of azo groups is 3. The predicted octanol–water partition coefficient (Wildman–Crippen LogP) is 8.44. The average Bonchev–Trinajstić information content (AvgIpc) is 3.15. The number of carbonyl (C=O) groups is 1. The summed E-state index contributed by atoms with van der Waals surface area (Å²) >= 11 is 0. The van der Waals surface area contributed by atoms with Crippen molar-refractivity contribution in [2.45, 2.75) is 9.79 Å². The first kappa shape index (κ1) is 47.5. The summed E-state index contributed by atoms with van der Waals surface area (Å²) in [6.45, 7) is 0. The maximum absolute atomic E-state index is 12.3. The molecule has 0 saturated heterocycles. The number of rotatable bonds is 9. The molecule has 0 aliphatic rings. The molecule has 22 heteroatoms. The minimum absolute atomic E-state index is 0. The van der Waals surface area contributed by atoms with Gasteiger partial charge in [0.25, 0.3) is 20.2 Å². The van der Waals surface area contributed by atoms with Crippen LogP contribution < -0.4 is 5.73 Å². The first-order chi connectivity index (χ1) is 26.6. The number of aromatic carboxylic acids is 1. The Morgan fingerprint density at radius 1 is 0.542 bits per heavy atom. The molecule has 59 heavy (non-hydrogen) atoms. The molecule has 0 fully saturated rings. The molecule has 17 nitrogen and oxygen atoms in total. The summed E-state index contributed by atoms with van der Waals surface area (Å²) in [7, 11) is -9.51. The van der Waals surface area contributed by atoms with Gasteiger partial charge in [0, 0.05) is 121 Å². The first-order valence-corrected chi connectivity index (χ1v) is 18.9. The SMILES string of the molecule is Nc1ccc2c(O)c(N=Nc3ccc(N=Nc4ccc(N=Nc5ccc(O)c(C(=O)O)c5)c5ccc(S(=O)(=O)O)cc45)c4ccccc34)c(S(=O)(=O)O)cc2c1.[Na].[Na].[Na]. The van der Waals surface area contributed by atoms with E-state index in [0.717, 1.165) is 24.3 Å². The average molecular weight is 861 g/mol. The van der Waals surface area contributed by atoms with Gasteiger partial charge in [0.05, 0.1) is 33.3 Å². The van der Waals surface area contributed by atoms with Crippen LogP contribution in [0.1, 0.15) is 10.4 Å². The first-order valence-electron chi connectivity index (χ1n) is 16.0. The summed E-state index contributed by atoms with van der Waals surface area (Å²) in [5, 5.41) is 57.5. The number of carboxylic acids is 1. The summed E-state index contributed by atoms with van der Waals surface area (Å²) in [4.78, 5) is 10.3. The zero-order chi connectivity index (χ0) is 39.9. The number of phenolic OH excluding ortho intramolecular Hbond substituents is 1. The van der Waals surface area contributed by atoms with E-state index in [1.54, 1.807) is 30.3 Å². The van der Waals surface area contributed by atoms with E-state index in [4.69, 9.17) is 5.73 Å². The molecule has 3 radical (unpaired) electrons. The molecule has 0 aromatic heterocycles. The third kappa shape index (κ3) is 10.2. The van der Waals surface area contributed by atoms with Crippen LogP contribution in [0.15, 0.2) is 150 Å². The normalized spacial score (nSPS) is 11.9. The Balaban J connectivity index is 0.00000256. The second-order valence-corrected chi connectivity index (χ2v) is 14.9. The van der Waals surface area contributed by atoms with Gasteiger partial charge in [-0.3, -0.25) is 9.11 Å². The molecule has 7 aromatic rings. The molecule has 0 bridgehead atoms. The maximum atomic E-state index is 12.3. The quantitative estimate of drug-likeness (QED) is 0.0346. The molecule has 0 unspecified atom stereocenters. The number of hydrogen-bond acceptors (Lipinski definition) is 14. The van der Waals surface area contributed by atoms with Crippen LogP contribution in [0.2, 0.25) is 0 Å². The van der Waals surface area contributed by atoms with Crippen molar-refractivity contribution in [2.24, 2.45) is 30.7 Å². The van der Waals surface area contributed by atoms with Gasteiger partial charge in [-0.2, -0.15) is 21.9 Å². The van der Waals surface area contributed by atoms with Gasteiger partial charge in [0.15, 0.2) is 5.75 Å². The smallest absolute Gasteiger partial charge is 0.339 e. The largest absolute Gasteiger partial charge is 0.507 e. The van der Waals surface area contributed by atoms with E-state index in [1.165, 1.54) is 54.6 Å². The van der Waals surface area contributed by atoms with E-state index in [2.05, 4.69) is 30.7 Å². The number of nitrogen functional groups attached to an aromatic ring is 1. The van der Waals surface area contributed by atoms with Crippen LogP contribution in [0.3, 0.4) is 0 Å². The third-order valence-corrected chi connectivity index (χ3v) is 10.2. The van der Waals surface area contributed by atoms with Crippen LogP contribution in [0, 0.1) is 0 Å². The Bertz CT molecular complexity index is 3130. The summed E-state index contributed by atoms with van der Waals surface area (Å²) in [5.74, 6) is -2.37. The van der Waals surface area contributed by atoms with E-state index in [9.17, 15) is 46.1 Å². The fraction of sp³-hybridized carbons (Fsp3) is 0. The fourth-order valence-corrected chi connectivity index (χ4v) is 6.98. The number of aromatic hydroxyl groups is 2. The number of carboxylic acid groups (broad SMARTS) is 1. The van der Waals surface area contributed by atoms with Gasteiger partial charge in [0.2, 0.25) is 0 Å². The number of phenols is 2. The van der Waals surface area contributed by atoms with Crippen molar-refractivity contribution in [1.82, 2.24) is 0 Å². The van der Waals surface area contributed by atoms with E-state index in [-0.39, 0.29) is 133 Å². The Labute approximate surface area is 401 Å². The van der Waals surface area contributed by atoms with E-state index in [0.29, 0.717) is 27.5 Å². The van der Waals surface area contributed by atoms with E-state index < -0.39 is 53.2 Å². The Morgan fingerprint density at radius 2 is 1.07 bits per heavy atom. The molecule has 7 N–H and O–H groups in total. The van der Waals surface area contributed by atoms with Crippen molar-refractivity contribution in [3.8, 4) is 11.5 Å². The molecule has 7 aromatic carbocycles. The van der Waals surface area contributed by atoms with Gasteiger partial charge in [0.1, 0.15) is 21.9 Å². The number of benzene rings is 7. The van der Waals surface area contributed by atoms with Crippen molar-refractivity contribution >= 4 is 187 Å². The van der Waals surface area contributed by atoms with Crippen molar-refractivity contribution in [1.29, 1.82) is 0 Å². The van der Waals surface area contributed by atoms with Crippen LogP contribution in [0.25, 0.3) is 32.3 Å². The molecule has 0 aliphatic carbocycles. The topological polar surface area (TPSA) is 287 Å². The zero-order valence-electron chi connectivity index (χ0n) is 31.2. The number of fused-ring (bicyclic) bond motifs is 3. The molecule has 0 spiro atoms. The molecular formula is C37H25N7Na3O10S2. The van der Waals surface area contributed by atoms with Gasteiger partial charge in [-0.15, -0.1) is 25.6 Å². The summed E-state index contributed by atoms with van der Waals surface area (Å²) in [6, 6.07) is 25.8. The van der Waals surface area contributed by atoms with Crippen LogP contribution in [0.5, 0.6) is 11.5 Å². The number of anilines is 1. The number of hydrogen-bond donors (Lipinski definition) is 6. The second-order valence-electron chi connectivity index (χ2n) is 12.1. The molecule has 0 heterocycles. The molecule has 0 aliphatic heterocycles. The van der Waals surface area contributed by atoms with Crippen molar-refractivity contribution < 1.29 is 46.1 Å². The minimum Gasteiger partial charge on any atom is -0.507 e. The van der Waals surface area contributed by atoms with Gasteiger partial charge < -0.3 is 21.1 Å². The maximum Gasteiger partial charge on any atom is 0.339 e. The monoisotopic (exact) mass is 860 g/mol. The molecule has 0 saturated carbocycles.